The van der Waals surface area contributed by atoms with Crippen LogP contribution >= 0.6 is 0 Å². The largest absolute Gasteiger partial charge is 0.379 e. The summed E-state index contributed by atoms with van der Waals surface area (Å²) in [6, 6.07) is 22.7. The fourth-order valence-corrected chi connectivity index (χ4v) is 4.77. The second kappa shape index (κ2) is 10.6. The minimum Gasteiger partial charge on any atom is -0.379 e. The second-order valence-electron chi connectivity index (χ2n) is 7.84. The van der Waals surface area contributed by atoms with Crippen molar-refractivity contribution in [3.63, 3.8) is 0 Å². The molecule has 7 nitrogen and oxygen atoms in total. The van der Waals surface area contributed by atoms with Crippen molar-refractivity contribution in [3.05, 3.63) is 95.6 Å². The molecule has 3 aromatic rings. The number of anilines is 1. The van der Waals surface area contributed by atoms with Crippen molar-refractivity contribution in [2.75, 3.05) is 31.0 Å². The lowest BCUT2D eigenvalue weighted by atomic mass is 10.1. The fraction of sp³-hybridized carbons (Fsp3) is 0.240. The highest BCUT2D eigenvalue weighted by molar-refractivity contribution is 7.92. The molecule has 0 radical (unpaired) electrons. The Bertz CT molecular complexity index is 1190. The molecule has 33 heavy (non-hydrogen) atoms. The van der Waals surface area contributed by atoms with Gasteiger partial charge in [-0.1, -0.05) is 48.5 Å². The molecule has 1 aliphatic heterocycles. The van der Waals surface area contributed by atoms with Gasteiger partial charge in [0, 0.05) is 37.4 Å². The number of carbonyl (C=O) groups is 1. The van der Waals surface area contributed by atoms with Crippen LogP contribution in [0.3, 0.4) is 0 Å². The predicted octanol–water partition coefficient (Wildman–Crippen LogP) is 3.25. The van der Waals surface area contributed by atoms with Gasteiger partial charge in [-0.15, -0.1) is 0 Å². The third-order valence-corrected chi connectivity index (χ3v) is 6.88. The van der Waals surface area contributed by atoms with Crippen LogP contribution in [0.15, 0.2) is 83.8 Å². The number of morpholine rings is 1. The van der Waals surface area contributed by atoms with Crippen molar-refractivity contribution in [2.45, 2.75) is 18.0 Å². The minimum atomic E-state index is -3.73. The summed E-state index contributed by atoms with van der Waals surface area (Å²) in [6.07, 6.45) is 0. The Hall–Kier alpha value is -3.20. The van der Waals surface area contributed by atoms with E-state index in [1.807, 2.05) is 18.2 Å². The number of rotatable bonds is 8. The zero-order valence-corrected chi connectivity index (χ0v) is 19.1. The van der Waals surface area contributed by atoms with Crippen LogP contribution in [0.1, 0.15) is 21.5 Å². The van der Waals surface area contributed by atoms with Gasteiger partial charge in [-0.05, 0) is 41.5 Å². The molecule has 1 saturated heterocycles. The quantitative estimate of drug-likeness (QED) is 0.533. The van der Waals surface area contributed by atoms with Crippen LogP contribution in [0.25, 0.3) is 0 Å². The highest BCUT2D eigenvalue weighted by atomic mass is 32.2. The molecule has 1 heterocycles. The molecule has 172 valence electrons. The number of nitrogens with one attached hydrogen (secondary N) is 2. The van der Waals surface area contributed by atoms with Crippen molar-refractivity contribution in [2.24, 2.45) is 0 Å². The lowest BCUT2D eigenvalue weighted by molar-refractivity contribution is 0.0340. The summed E-state index contributed by atoms with van der Waals surface area (Å²) >= 11 is 0. The number of sulfonamides is 1. The van der Waals surface area contributed by atoms with E-state index in [4.69, 9.17) is 4.74 Å². The van der Waals surface area contributed by atoms with Gasteiger partial charge >= 0.3 is 0 Å². The normalized spacial score (nSPS) is 14.5. The first-order chi connectivity index (χ1) is 16.0. The van der Waals surface area contributed by atoms with Crippen molar-refractivity contribution in [3.8, 4) is 0 Å². The standard InChI is InChI=1S/C25H27N3O4S/c29-25(26-18-21-7-4-5-8-22(21)19-28-13-15-32-16-14-28)20-9-6-10-23(17-20)27-33(30,31)24-11-2-1-3-12-24/h1-12,17,27H,13-16,18-19H2,(H,26,29). The number of ether oxygens (including phenoxy) is 1. The lowest BCUT2D eigenvalue weighted by Crippen LogP contribution is -2.36. The van der Waals surface area contributed by atoms with Gasteiger partial charge in [0.15, 0.2) is 0 Å². The molecule has 4 rings (SSSR count). The highest BCUT2D eigenvalue weighted by Gasteiger charge is 2.16. The number of nitrogens with zero attached hydrogens (tertiary/aromatic N) is 1. The summed E-state index contributed by atoms with van der Waals surface area (Å²) < 4.78 is 33.1. The first kappa shape index (κ1) is 23.0. The fourth-order valence-electron chi connectivity index (χ4n) is 3.70. The molecule has 1 fully saturated rings. The Balaban J connectivity index is 1.41. The van der Waals surface area contributed by atoms with E-state index in [0.717, 1.165) is 38.4 Å². The van der Waals surface area contributed by atoms with Crippen LogP contribution in [-0.2, 0) is 27.8 Å². The molecule has 0 aliphatic carbocycles. The van der Waals surface area contributed by atoms with Gasteiger partial charge in [-0.3, -0.25) is 14.4 Å². The Kier molecular flexibility index (Phi) is 7.39. The maximum absolute atomic E-state index is 12.8. The second-order valence-corrected chi connectivity index (χ2v) is 9.52. The van der Waals surface area contributed by atoms with Gasteiger partial charge in [-0.2, -0.15) is 0 Å². The van der Waals surface area contributed by atoms with Crippen LogP contribution in [0.2, 0.25) is 0 Å². The van der Waals surface area contributed by atoms with Crippen LogP contribution < -0.4 is 10.0 Å². The van der Waals surface area contributed by atoms with Crippen LogP contribution in [0, 0.1) is 0 Å². The third kappa shape index (κ3) is 6.19. The van der Waals surface area contributed by atoms with Gasteiger partial charge in [0.25, 0.3) is 15.9 Å². The summed E-state index contributed by atoms with van der Waals surface area (Å²) in [4.78, 5) is 15.3. The van der Waals surface area contributed by atoms with E-state index in [2.05, 4.69) is 21.0 Å². The molecule has 1 amide bonds. The summed E-state index contributed by atoms with van der Waals surface area (Å²) in [7, 11) is -3.73. The molecule has 3 aromatic carbocycles. The zero-order valence-electron chi connectivity index (χ0n) is 18.2. The first-order valence-electron chi connectivity index (χ1n) is 10.8. The van der Waals surface area contributed by atoms with Crippen LogP contribution in [-0.4, -0.2) is 45.5 Å². The lowest BCUT2D eigenvalue weighted by Gasteiger charge is -2.27. The molecular weight excluding hydrogens is 438 g/mol. The van der Waals surface area contributed by atoms with Gasteiger partial charge in [0.05, 0.1) is 18.1 Å². The van der Waals surface area contributed by atoms with Gasteiger partial charge in [-0.25, -0.2) is 8.42 Å². The molecule has 2 N–H and O–H groups in total. The van der Waals surface area contributed by atoms with Crippen molar-refractivity contribution in [1.82, 2.24) is 10.2 Å². The monoisotopic (exact) mass is 465 g/mol. The average Bonchev–Trinajstić information content (AvgIpc) is 2.84. The summed E-state index contributed by atoms with van der Waals surface area (Å²) in [6.45, 7) is 4.47. The number of carbonyl (C=O) groups excluding carboxylic acids is 1. The molecule has 0 spiro atoms. The number of benzene rings is 3. The summed E-state index contributed by atoms with van der Waals surface area (Å²) in [5.74, 6) is -0.267. The van der Waals surface area contributed by atoms with Gasteiger partial charge in [0.1, 0.15) is 0 Å². The van der Waals surface area contributed by atoms with E-state index < -0.39 is 10.0 Å². The first-order valence-corrected chi connectivity index (χ1v) is 12.3. The van der Waals surface area contributed by atoms with Crippen molar-refractivity contribution >= 4 is 21.6 Å². The Morgan fingerprint density at radius 1 is 0.879 bits per heavy atom. The maximum atomic E-state index is 12.8. The molecule has 0 unspecified atom stereocenters. The molecule has 0 bridgehead atoms. The molecule has 0 atom stereocenters. The predicted molar refractivity (Wildman–Crippen MR) is 127 cm³/mol. The Morgan fingerprint density at radius 2 is 1.58 bits per heavy atom. The number of hydrogen-bond acceptors (Lipinski definition) is 5. The topological polar surface area (TPSA) is 87.7 Å². The number of amides is 1. The molecule has 8 heteroatoms. The smallest absolute Gasteiger partial charge is 0.261 e. The van der Waals surface area contributed by atoms with Crippen LogP contribution in [0.5, 0.6) is 0 Å². The van der Waals surface area contributed by atoms with E-state index in [-0.39, 0.29) is 10.8 Å². The molecule has 0 saturated carbocycles. The summed E-state index contributed by atoms with van der Waals surface area (Å²) in [5.41, 5.74) is 2.94. The molecular formula is C25H27N3O4S. The van der Waals surface area contributed by atoms with Crippen molar-refractivity contribution < 1.29 is 17.9 Å². The molecule has 0 aromatic heterocycles. The Morgan fingerprint density at radius 3 is 2.33 bits per heavy atom. The SMILES string of the molecule is O=C(NCc1ccccc1CN1CCOCC1)c1cccc(NS(=O)(=O)c2ccccc2)c1. The van der Waals surface area contributed by atoms with E-state index >= 15 is 0 Å². The van der Waals surface area contributed by atoms with E-state index in [1.54, 1.807) is 36.4 Å². The Labute approximate surface area is 194 Å². The zero-order chi connectivity index (χ0) is 23.1. The van der Waals surface area contributed by atoms with Crippen molar-refractivity contribution in [1.29, 1.82) is 0 Å². The minimum absolute atomic E-state index is 0.164. The van der Waals surface area contributed by atoms with Gasteiger partial charge in [0.2, 0.25) is 0 Å². The average molecular weight is 466 g/mol. The van der Waals surface area contributed by atoms with E-state index in [9.17, 15) is 13.2 Å². The number of hydrogen-bond donors (Lipinski definition) is 2. The highest BCUT2D eigenvalue weighted by Crippen LogP contribution is 2.18. The third-order valence-electron chi connectivity index (χ3n) is 5.49. The summed E-state index contributed by atoms with van der Waals surface area (Å²) in [5, 5.41) is 2.96. The van der Waals surface area contributed by atoms with Gasteiger partial charge < -0.3 is 10.1 Å². The molecule has 1 aliphatic rings. The maximum Gasteiger partial charge on any atom is 0.261 e. The van der Waals surface area contributed by atoms with Crippen LogP contribution in [0.4, 0.5) is 5.69 Å². The van der Waals surface area contributed by atoms with E-state index in [0.29, 0.717) is 17.8 Å². The van der Waals surface area contributed by atoms with E-state index in [1.165, 1.54) is 23.8 Å².